The van der Waals surface area contributed by atoms with Gasteiger partial charge in [-0.25, -0.2) is 4.39 Å². The summed E-state index contributed by atoms with van der Waals surface area (Å²) in [7, 11) is 1.44. The van der Waals surface area contributed by atoms with Gasteiger partial charge < -0.3 is 9.47 Å². The van der Waals surface area contributed by atoms with Crippen molar-refractivity contribution in [1.82, 2.24) is 0 Å². The molecule has 1 aromatic rings. The SMILES string of the molecule is COc1ccc(COC(=O)C23CC4CC(CC(C4)C2)C3)cc1F. The number of carbonyl (C=O) groups is 1. The number of halogens is 1. The van der Waals surface area contributed by atoms with Crippen LogP contribution in [-0.2, 0) is 16.1 Å². The van der Waals surface area contributed by atoms with Gasteiger partial charge in [0.25, 0.3) is 0 Å². The predicted molar refractivity (Wildman–Crippen MR) is 83.4 cm³/mol. The van der Waals surface area contributed by atoms with Crippen LogP contribution < -0.4 is 4.74 Å². The summed E-state index contributed by atoms with van der Waals surface area (Å²) < 4.78 is 24.2. The molecule has 0 atom stereocenters. The summed E-state index contributed by atoms with van der Waals surface area (Å²) in [4.78, 5) is 12.7. The zero-order valence-electron chi connectivity index (χ0n) is 13.5. The molecule has 5 rings (SSSR count). The lowest BCUT2D eigenvalue weighted by molar-refractivity contribution is -0.173. The van der Waals surface area contributed by atoms with Crippen molar-refractivity contribution in [3.05, 3.63) is 29.6 Å². The molecule has 4 bridgehead atoms. The number of rotatable bonds is 4. The second-order valence-corrected chi connectivity index (χ2v) is 7.74. The largest absolute Gasteiger partial charge is 0.494 e. The molecule has 0 amide bonds. The number of hydrogen-bond acceptors (Lipinski definition) is 3. The highest BCUT2D eigenvalue weighted by atomic mass is 19.1. The summed E-state index contributed by atoms with van der Waals surface area (Å²) in [6.45, 7) is 0.140. The van der Waals surface area contributed by atoms with Gasteiger partial charge in [0.2, 0.25) is 0 Å². The smallest absolute Gasteiger partial charge is 0.312 e. The summed E-state index contributed by atoms with van der Waals surface area (Å²) in [5.74, 6) is 1.87. The quantitative estimate of drug-likeness (QED) is 0.784. The first kappa shape index (κ1) is 15.0. The Labute approximate surface area is 136 Å². The van der Waals surface area contributed by atoms with Crippen molar-refractivity contribution in [3.63, 3.8) is 0 Å². The molecule has 0 aliphatic heterocycles. The van der Waals surface area contributed by atoms with Crippen molar-refractivity contribution in [1.29, 1.82) is 0 Å². The van der Waals surface area contributed by atoms with Crippen molar-refractivity contribution < 1.29 is 18.7 Å². The minimum atomic E-state index is -0.421. The van der Waals surface area contributed by atoms with Crippen LogP contribution in [0.1, 0.15) is 44.1 Å². The predicted octanol–water partition coefficient (Wildman–Crippen LogP) is 4.09. The first-order chi connectivity index (χ1) is 11.1. The molecule has 3 nitrogen and oxygen atoms in total. The number of esters is 1. The van der Waals surface area contributed by atoms with E-state index in [0.29, 0.717) is 23.3 Å². The normalized spacial score (nSPS) is 34.4. The lowest BCUT2D eigenvalue weighted by atomic mass is 9.49. The molecular weight excluding hydrogens is 295 g/mol. The molecule has 1 aromatic carbocycles. The molecule has 4 aliphatic carbocycles. The molecule has 0 spiro atoms. The van der Waals surface area contributed by atoms with E-state index in [4.69, 9.17) is 9.47 Å². The number of carbonyl (C=O) groups excluding carboxylic acids is 1. The highest BCUT2D eigenvalue weighted by molar-refractivity contribution is 5.77. The van der Waals surface area contributed by atoms with E-state index in [0.717, 1.165) is 19.3 Å². The monoisotopic (exact) mass is 318 g/mol. The average Bonchev–Trinajstić information content (AvgIpc) is 2.51. The second-order valence-electron chi connectivity index (χ2n) is 7.74. The van der Waals surface area contributed by atoms with E-state index in [1.54, 1.807) is 12.1 Å². The molecule has 0 unspecified atom stereocenters. The van der Waals surface area contributed by atoms with Crippen molar-refractivity contribution in [3.8, 4) is 5.75 Å². The Hall–Kier alpha value is -1.58. The summed E-state index contributed by atoms with van der Waals surface area (Å²) in [5, 5.41) is 0. The maximum atomic E-state index is 13.7. The van der Waals surface area contributed by atoms with Gasteiger partial charge in [-0.15, -0.1) is 0 Å². The molecule has 0 saturated heterocycles. The van der Waals surface area contributed by atoms with Gasteiger partial charge in [0.05, 0.1) is 12.5 Å². The van der Waals surface area contributed by atoms with Crippen LogP contribution in [0.2, 0.25) is 0 Å². The average molecular weight is 318 g/mol. The minimum Gasteiger partial charge on any atom is -0.494 e. The van der Waals surface area contributed by atoms with E-state index in [2.05, 4.69) is 0 Å². The first-order valence-corrected chi connectivity index (χ1v) is 8.57. The molecule has 4 heteroatoms. The Morgan fingerprint density at radius 3 is 2.30 bits per heavy atom. The lowest BCUT2D eigenvalue weighted by Gasteiger charge is -2.55. The third kappa shape index (κ3) is 2.62. The van der Waals surface area contributed by atoms with Crippen LogP contribution in [0.3, 0.4) is 0 Å². The van der Waals surface area contributed by atoms with Gasteiger partial charge >= 0.3 is 5.97 Å². The zero-order valence-corrected chi connectivity index (χ0v) is 13.5. The van der Waals surface area contributed by atoms with E-state index in [-0.39, 0.29) is 23.7 Å². The highest BCUT2D eigenvalue weighted by Crippen LogP contribution is 2.60. The fraction of sp³-hybridized carbons (Fsp3) is 0.632. The van der Waals surface area contributed by atoms with Gasteiger partial charge in [0, 0.05) is 0 Å². The number of hydrogen-bond donors (Lipinski definition) is 0. The molecule has 0 heterocycles. The van der Waals surface area contributed by atoms with Gasteiger partial charge in [-0.3, -0.25) is 4.79 Å². The number of methoxy groups -OCH3 is 1. The van der Waals surface area contributed by atoms with Crippen LogP contribution in [0.25, 0.3) is 0 Å². The van der Waals surface area contributed by atoms with Crippen LogP contribution >= 0.6 is 0 Å². The Morgan fingerprint density at radius 1 is 1.17 bits per heavy atom. The van der Waals surface area contributed by atoms with Gasteiger partial charge in [-0.1, -0.05) is 6.07 Å². The fourth-order valence-electron chi connectivity index (χ4n) is 5.46. The van der Waals surface area contributed by atoms with Crippen LogP contribution in [0.15, 0.2) is 18.2 Å². The van der Waals surface area contributed by atoms with Crippen molar-refractivity contribution >= 4 is 5.97 Å². The maximum Gasteiger partial charge on any atom is 0.312 e. The lowest BCUT2D eigenvalue weighted by Crippen LogP contribution is -2.50. The highest BCUT2D eigenvalue weighted by Gasteiger charge is 2.55. The van der Waals surface area contributed by atoms with Crippen LogP contribution in [-0.4, -0.2) is 13.1 Å². The minimum absolute atomic E-state index is 0.0622. The molecule has 0 radical (unpaired) electrons. The standard InChI is InChI=1S/C19H23FO3/c1-22-17-3-2-12(7-16(17)20)11-23-18(21)19-8-13-4-14(9-19)6-15(5-13)10-19/h2-3,7,13-15H,4-6,8-11H2,1H3. The van der Waals surface area contributed by atoms with Gasteiger partial charge in [-0.05, 0) is 74.0 Å². The summed E-state index contributed by atoms with van der Waals surface area (Å²) in [6, 6.07) is 4.70. The molecular formula is C19H23FO3. The third-order valence-electron chi connectivity index (χ3n) is 6.06. The summed E-state index contributed by atoms with van der Waals surface area (Å²) in [5.41, 5.74) is 0.418. The number of benzene rings is 1. The second kappa shape index (κ2) is 5.50. The van der Waals surface area contributed by atoms with Crippen LogP contribution in [0.4, 0.5) is 4.39 Å². The number of ether oxygens (including phenoxy) is 2. The zero-order chi connectivity index (χ0) is 16.0. The van der Waals surface area contributed by atoms with Gasteiger partial charge in [0.1, 0.15) is 6.61 Å². The Bertz CT molecular complexity index is 590. The summed E-state index contributed by atoms with van der Waals surface area (Å²) in [6.07, 6.45) is 6.89. The maximum absolute atomic E-state index is 13.7. The van der Waals surface area contributed by atoms with Gasteiger partial charge in [0.15, 0.2) is 11.6 Å². The Balaban J connectivity index is 1.43. The van der Waals surface area contributed by atoms with Crippen LogP contribution in [0, 0.1) is 29.0 Å². The van der Waals surface area contributed by atoms with Gasteiger partial charge in [-0.2, -0.15) is 0 Å². The molecule has 4 aliphatic rings. The van der Waals surface area contributed by atoms with Crippen molar-refractivity contribution in [2.75, 3.05) is 7.11 Å². The van der Waals surface area contributed by atoms with E-state index in [1.807, 2.05) is 0 Å². The third-order valence-corrected chi connectivity index (χ3v) is 6.06. The topological polar surface area (TPSA) is 35.5 Å². The Morgan fingerprint density at radius 2 is 1.78 bits per heavy atom. The van der Waals surface area contributed by atoms with Crippen molar-refractivity contribution in [2.24, 2.45) is 23.2 Å². The molecule has 4 saturated carbocycles. The molecule has 4 fully saturated rings. The molecule has 0 aromatic heterocycles. The molecule has 124 valence electrons. The first-order valence-electron chi connectivity index (χ1n) is 8.57. The van der Waals surface area contributed by atoms with Crippen molar-refractivity contribution in [2.45, 2.75) is 45.1 Å². The van der Waals surface area contributed by atoms with Crippen LogP contribution in [0.5, 0.6) is 5.75 Å². The summed E-state index contributed by atoms with van der Waals surface area (Å²) >= 11 is 0. The van der Waals surface area contributed by atoms with E-state index in [1.165, 1.54) is 32.4 Å². The van der Waals surface area contributed by atoms with E-state index in [9.17, 15) is 9.18 Å². The Kier molecular flexibility index (Phi) is 3.58. The van der Waals surface area contributed by atoms with E-state index < -0.39 is 5.82 Å². The fourth-order valence-corrected chi connectivity index (χ4v) is 5.46. The molecule has 0 N–H and O–H groups in total. The molecule has 23 heavy (non-hydrogen) atoms. The van der Waals surface area contributed by atoms with E-state index >= 15 is 0 Å².